The SMILES string of the molecule is [C-]#[N+]c1ccc(OC2C(C)(C)C(N3Cc4ncncc4C3=O)C2(C)C)cc1Br. The monoisotopic (exact) mass is 440 g/mol. The molecule has 2 heterocycles. The van der Waals surface area contributed by atoms with E-state index in [-0.39, 0.29) is 28.9 Å². The highest BCUT2D eigenvalue weighted by molar-refractivity contribution is 9.10. The van der Waals surface area contributed by atoms with Crippen molar-refractivity contribution in [1.82, 2.24) is 14.9 Å². The van der Waals surface area contributed by atoms with Crippen molar-refractivity contribution in [2.75, 3.05) is 0 Å². The van der Waals surface area contributed by atoms with Crippen LogP contribution in [0.4, 0.5) is 5.69 Å². The highest BCUT2D eigenvalue weighted by Gasteiger charge is 2.67. The molecule has 6 nitrogen and oxygen atoms in total. The highest BCUT2D eigenvalue weighted by atomic mass is 79.9. The molecule has 0 unspecified atom stereocenters. The fourth-order valence-electron chi connectivity index (χ4n) is 5.26. The van der Waals surface area contributed by atoms with Gasteiger partial charge in [0.1, 0.15) is 18.2 Å². The van der Waals surface area contributed by atoms with Crippen molar-refractivity contribution in [3.05, 3.63) is 57.9 Å². The van der Waals surface area contributed by atoms with E-state index >= 15 is 0 Å². The molecule has 0 radical (unpaired) electrons. The van der Waals surface area contributed by atoms with E-state index in [4.69, 9.17) is 11.3 Å². The third-order valence-electron chi connectivity index (χ3n) is 5.97. The Morgan fingerprint density at radius 1 is 1.29 bits per heavy atom. The number of halogens is 1. The quantitative estimate of drug-likeness (QED) is 0.652. The summed E-state index contributed by atoms with van der Waals surface area (Å²) in [5, 5.41) is 0. The molecule has 1 aromatic carbocycles. The Kier molecular flexibility index (Phi) is 4.23. The molecule has 1 fully saturated rings. The van der Waals surface area contributed by atoms with Crippen LogP contribution in [0, 0.1) is 17.4 Å². The van der Waals surface area contributed by atoms with Crippen LogP contribution >= 0.6 is 15.9 Å². The van der Waals surface area contributed by atoms with E-state index in [0.717, 1.165) is 10.2 Å². The van der Waals surface area contributed by atoms with Crippen LogP contribution < -0.4 is 4.74 Å². The number of hydrogen-bond donors (Lipinski definition) is 0. The number of hydrogen-bond acceptors (Lipinski definition) is 4. The molecule has 0 saturated heterocycles. The molecule has 144 valence electrons. The molecule has 2 aliphatic rings. The molecule has 0 spiro atoms. The Morgan fingerprint density at radius 3 is 2.61 bits per heavy atom. The number of aromatic nitrogens is 2. The molecular weight excluding hydrogens is 420 g/mol. The van der Waals surface area contributed by atoms with Crippen molar-refractivity contribution in [3.8, 4) is 5.75 Å². The van der Waals surface area contributed by atoms with Gasteiger partial charge in [0.2, 0.25) is 5.69 Å². The van der Waals surface area contributed by atoms with Crippen molar-refractivity contribution >= 4 is 27.5 Å². The Balaban J connectivity index is 1.60. The third-order valence-corrected chi connectivity index (χ3v) is 6.61. The van der Waals surface area contributed by atoms with Crippen LogP contribution in [0.1, 0.15) is 43.7 Å². The summed E-state index contributed by atoms with van der Waals surface area (Å²) >= 11 is 3.42. The maximum absolute atomic E-state index is 13.0. The predicted molar refractivity (Wildman–Crippen MR) is 108 cm³/mol. The standard InChI is InChI=1S/C21H21BrN4O2/c1-20(2)18(26-10-16-13(17(26)27)9-24-11-25-16)21(3,4)19(20)28-12-6-7-15(23-5)14(22)8-12/h6-9,11,18-19H,10H2,1-4H3. The van der Waals surface area contributed by atoms with Gasteiger partial charge in [-0.25, -0.2) is 14.8 Å². The minimum absolute atomic E-state index is 0.00986. The summed E-state index contributed by atoms with van der Waals surface area (Å²) in [7, 11) is 0. The molecule has 1 amide bonds. The maximum atomic E-state index is 13.0. The average Bonchev–Trinajstić information content (AvgIpc) is 2.95. The lowest BCUT2D eigenvalue weighted by Crippen LogP contribution is -2.74. The lowest BCUT2D eigenvalue weighted by molar-refractivity contribution is -0.199. The van der Waals surface area contributed by atoms with Gasteiger partial charge in [0.05, 0.1) is 24.4 Å². The minimum Gasteiger partial charge on any atom is -0.489 e. The van der Waals surface area contributed by atoms with E-state index in [0.29, 0.717) is 23.5 Å². The van der Waals surface area contributed by atoms with E-state index in [2.05, 4.69) is 58.4 Å². The molecule has 1 aliphatic heterocycles. The summed E-state index contributed by atoms with van der Waals surface area (Å²) in [5.74, 6) is 0.704. The van der Waals surface area contributed by atoms with Crippen molar-refractivity contribution in [2.45, 2.75) is 46.4 Å². The number of carbonyl (C=O) groups excluding carboxylic acids is 1. The number of amides is 1. The van der Waals surface area contributed by atoms with Crippen LogP contribution in [-0.2, 0) is 6.54 Å². The van der Waals surface area contributed by atoms with Gasteiger partial charge in [-0.15, -0.1) is 0 Å². The first-order valence-corrected chi connectivity index (χ1v) is 9.90. The van der Waals surface area contributed by atoms with Crippen LogP contribution in [0.5, 0.6) is 5.75 Å². The molecule has 4 rings (SSSR count). The summed E-state index contributed by atoms with van der Waals surface area (Å²) in [6.07, 6.45) is 3.01. The van der Waals surface area contributed by atoms with Crippen molar-refractivity contribution in [3.63, 3.8) is 0 Å². The smallest absolute Gasteiger partial charge is 0.257 e. The van der Waals surface area contributed by atoms with Gasteiger partial charge in [0.25, 0.3) is 5.91 Å². The molecule has 1 aromatic heterocycles. The molecule has 0 atom stereocenters. The second kappa shape index (κ2) is 6.28. The molecule has 1 aliphatic carbocycles. The average molecular weight is 441 g/mol. The predicted octanol–water partition coefficient (Wildman–Crippen LogP) is 4.63. The van der Waals surface area contributed by atoms with E-state index in [9.17, 15) is 4.79 Å². The summed E-state index contributed by atoms with van der Waals surface area (Å²) in [6, 6.07) is 5.42. The molecule has 0 bridgehead atoms. The van der Waals surface area contributed by atoms with Gasteiger partial charge < -0.3 is 9.64 Å². The Morgan fingerprint density at radius 2 is 2.00 bits per heavy atom. The van der Waals surface area contributed by atoms with Gasteiger partial charge in [0.15, 0.2) is 0 Å². The van der Waals surface area contributed by atoms with Crippen LogP contribution in [0.25, 0.3) is 4.85 Å². The van der Waals surface area contributed by atoms with E-state index < -0.39 is 0 Å². The number of nitrogens with zero attached hydrogens (tertiary/aromatic N) is 4. The number of carbonyl (C=O) groups is 1. The molecule has 2 aromatic rings. The van der Waals surface area contributed by atoms with E-state index in [1.54, 1.807) is 12.3 Å². The van der Waals surface area contributed by atoms with Gasteiger partial charge in [-0.05, 0) is 12.1 Å². The molecule has 0 N–H and O–H groups in total. The van der Waals surface area contributed by atoms with Crippen molar-refractivity contribution in [1.29, 1.82) is 0 Å². The highest BCUT2D eigenvalue weighted by Crippen LogP contribution is 2.59. The number of rotatable bonds is 3. The lowest BCUT2D eigenvalue weighted by Gasteiger charge is -2.65. The van der Waals surface area contributed by atoms with Gasteiger partial charge >= 0.3 is 0 Å². The van der Waals surface area contributed by atoms with Gasteiger partial charge in [0, 0.05) is 27.5 Å². The first-order valence-electron chi connectivity index (χ1n) is 9.11. The van der Waals surface area contributed by atoms with Gasteiger partial charge in [-0.3, -0.25) is 4.79 Å². The second-order valence-corrected chi connectivity index (χ2v) is 9.44. The van der Waals surface area contributed by atoms with Crippen LogP contribution in [0.2, 0.25) is 0 Å². The largest absolute Gasteiger partial charge is 0.489 e. The Labute approximate surface area is 172 Å². The van der Waals surface area contributed by atoms with Gasteiger partial charge in [-0.2, -0.15) is 0 Å². The summed E-state index contributed by atoms with van der Waals surface area (Å²) in [4.78, 5) is 26.6. The number of benzene rings is 1. The topological polar surface area (TPSA) is 59.7 Å². The van der Waals surface area contributed by atoms with Crippen LogP contribution in [0.3, 0.4) is 0 Å². The van der Waals surface area contributed by atoms with E-state index in [1.807, 2.05) is 17.0 Å². The number of ether oxygens (including phenoxy) is 1. The fourth-order valence-corrected chi connectivity index (χ4v) is 5.71. The molecular formula is C21H21BrN4O2. The van der Waals surface area contributed by atoms with Crippen molar-refractivity contribution in [2.24, 2.45) is 10.8 Å². The summed E-state index contributed by atoms with van der Waals surface area (Å²) < 4.78 is 7.08. The minimum atomic E-state index is -0.250. The second-order valence-electron chi connectivity index (χ2n) is 8.58. The van der Waals surface area contributed by atoms with Gasteiger partial charge in [-0.1, -0.05) is 49.7 Å². The first-order chi connectivity index (χ1) is 13.2. The zero-order valence-corrected chi connectivity index (χ0v) is 17.8. The molecule has 7 heteroatoms. The Hall–Kier alpha value is -2.46. The van der Waals surface area contributed by atoms with E-state index in [1.165, 1.54) is 6.33 Å². The van der Waals surface area contributed by atoms with Crippen LogP contribution in [-0.4, -0.2) is 32.9 Å². The lowest BCUT2D eigenvalue weighted by atomic mass is 9.49. The first kappa shape index (κ1) is 18.9. The molecule has 28 heavy (non-hydrogen) atoms. The van der Waals surface area contributed by atoms with Crippen molar-refractivity contribution < 1.29 is 9.53 Å². The molecule has 1 saturated carbocycles. The van der Waals surface area contributed by atoms with Crippen LogP contribution in [0.15, 0.2) is 35.2 Å². The Bertz CT molecular complexity index is 996. The summed E-state index contributed by atoms with van der Waals surface area (Å²) in [6.45, 7) is 16.2. The normalized spacial score (nSPS) is 24.3. The zero-order chi connectivity index (χ0) is 20.3. The fraction of sp³-hybridized carbons (Fsp3) is 0.429. The zero-order valence-electron chi connectivity index (χ0n) is 16.2. The third kappa shape index (κ3) is 2.62. The summed E-state index contributed by atoms with van der Waals surface area (Å²) in [5.41, 5.74) is 1.43. The number of fused-ring (bicyclic) bond motifs is 1. The maximum Gasteiger partial charge on any atom is 0.257 e.